The van der Waals surface area contributed by atoms with Crippen molar-refractivity contribution in [1.29, 1.82) is 0 Å². The van der Waals surface area contributed by atoms with Crippen LogP contribution in [-0.2, 0) is 15.6 Å². The van der Waals surface area contributed by atoms with Crippen molar-refractivity contribution < 1.29 is 15.6 Å². The van der Waals surface area contributed by atoms with E-state index in [4.69, 9.17) is 17.0 Å². The Bertz CT molecular complexity index is 797. The summed E-state index contributed by atoms with van der Waals surface area (Å²) in [7, 11) is 16.8. The van der Waals surface area contributed by atoms with Crippen LogP contribution in [0.5, 0.6) is 0 Å². The van der Waals surface area contributed by atoms with Crippen LogP contribution in [0.4, 0.5) is 0 Å². The molecule has 0 fully saturated rings. The molecule has 4 aliphatic rings. The Morgan fingerprint density at radius 2 is 1.16 bits per heavy atom. The van der Waals surface area contributed by atoms with Gasteiger partial charge in [-0.15, -0.1) is 0 Å². The van der Waals surface area contributed by atoms with Crippen LogP contribution < -0.4 is 0 Å². The van der Waals surface area contributed by atoms with Gasteiger partial charge < -0.3 is 0 Å². The molecular formula is C28H45Cl2SiZr. The van der Waals surface area contributed by atoms with E-state index in [-0.39, 0.29) is 0 Å². The molecule has 0 N–H and O–H groups in total. The molecule has 4 rings (SSSR count). The zero-order valence-electron chi connectivity index (χ0n) is 21.0. The first-order valence-corrected chi connectivity index (χ1v) is 30.1. The van der Waals surface area contributed by atoms with Crippen molar-refractivity contribution in [3.05, 3.63) is 45.6 Å². The maximum atomic E-state index is 8.42. The molecule has 0 nitrogen and oxygen atoms in total. The average Bonchev–Trinajstić information content (AvgIpc) is 3.35. The molecule has 0 amide bonds. The molecule has 4 aliphatic carbocycles. The van der Waals surface area contributed by atoms with Gasteiger partial charge in [0.1, 0.15) is 0 Å². The van der Waals surface area contributed by atoms with Crippen LogP contribution in [0.1, 0.15) is 104 Å². The van der Waals surface area contributed by atoms with Crippen molar-refractivity contribution in [3.63, 3.8) is 0 Å². The Labute approximate surface area is 206 Å². The molecule has 4 heteroatoms. The van der Waals surface area contributed by atoms with E-state index in [1.165, 1.54) is 89.9 Å². The van der Waals surface area contributed by atoms with E-state index in [2.05, 4.69) is 39.1 Å². The fraction of sp³-hybridized carbons (Fsp3) is 0.714. The molecular weight excluding hydrogens is 527 g/mol. The molecule has 0 saturated carbocycles. The standard InChI is InChI=1S/2C13H19.C2H7Si.2ClH.Zr/c2*1-2-3-6-11-9-12-7-4-5-8-13(12)10-11;1-3-2;;;/h2*9-10H,2-8H2,1H3;3H,1-2H3;2*1H;/q;;;;;+2/p-2. The Morgan fingerprint density at radius 3 is 1.53 bits per heavy atom. The Hall–Kier alpha value is 0.640. The maximum absolute atomic E-state index is 8.42. The van der Waals surface area contributed by atoms with E-state index < -0.39 is 21.5 Å². The molecule has 32 heavy (non-hydrogen) atoms. The molecule has 0 aromatic rings. The topological polar surface area (TPSA) is 0 Å². The van der Waals surface area contributed by atoms with Crippen molar-refractivity contribution in [2.75, 3.05) is 0 Å². The second-order valence-corrected chi connectivity index (χ2v) is 53.9. The predicted octanol–water partition coefficient (Wildman–Crippen LogP) is 10.5. The molecule has 2 unspecified atom stereocenters. The number of hydrogen-bond donors (Lipinski definition) is 0. The van der Waals surface area contributed by atoms with Gasteiger partial charge in [0.05, 0.1) is 0 Å². The normalized spacial score (nSPS) is 27.3. The zero-order chi connectivity index (χ0) is 23.0. The third-order valence-electron chi connectivity index (χ3n) is 9.11. The number of rotatable bonds is 9. The van der Waals surface area contributed by atoms with Crippen molar-refractivity contribution in [1.82, 2.24) is 0 Å². The van der Waals surface area contributed by atoms with Gasteiger partial charge in [0.15, 0.2) is 0 Å². The quantitative estimate of drug-likeness (QED) is 0.242. The van der Waals surface area contributed by atoms with Crippen molar-refractivity contribution in [2.24, 2.45) is 0 Å². The fourth-order valence-corrected chi connectivity index (χ4v) is 40.2. The second-order valence-electron chi connectivity index (χ2n) is 11.4. The van der Waals surface area contributed by atoms with Gasteiger partial charge in [0, 0.05) is 0 Å². The van der Waals surface area contributed by atoms with Crippen LogP contribution in [-0.4, -0.2) is 5.92 Å². The van der Waals surface area contributed by atoms with E-state index in [1.807, 2.05) is 0 Å². The van der Waals surface area contributed by atoms with Crippen molar-refractivity contribution in [2.45, 2.75) is 124 Å². The first kappa shape index (κ1) is 25.7. The molecule has 0 aromatic heterocycles. The third kappa shape index (κ3) is 4.35. The van der Waals surface area contributed by atoms with Gasteiger partial charge in [-0.3, -0.25) is 0 Å². The summed E-state index contributed by atoms with van der Waals surface area (Å²) in [4.78, 5) is 0. The summed E-state index contributed by atoms with van der Waals surface area (Å²) in [5.41, 5.74) is 10.1. The first-order chi connectivity index (χ1) is 15.3. The zero-order valence-corrected chi connectivity index (χ0v) is 26.2. The first-order valence-electron chi connectivity index (χ1n) is 13.7. The molecule has 0 heterocycles. The van der Waals surface area contributed by atoms with Crippen LogP contribution in [0.15, 0.2) is 45.6 Å². The SMILES string of the molecule is CCCCC1=CC2=C(CCCC2)[CH]1[Zr]([Cl])([Cl])([CH]1C(CCCC)=CC2=C1CCCC2)[SiH](C)C. The van der Waals surface area contributed by atoms with E-state index in [9.17, 15) is 0 Å². The summed E-state index contributed by atoms with van der Waals surface area (Å²) < 4.78 is 0.884. The molecule has 0 radical (unpaired) electrons. The summed E-state index contributed by atoms with van der Waals surface area (Å²) in [6.07, 6.45) is 23.1. The average molecular weight is 572 g/mol. The van der Waals surface area contributed by atoms with Gasteiger partial charge in [0.25, 0.3) is 0 Å². The van der Waals surface area contributed by atoms with Crippen LogP contribution in [0.3, 0.4) is 0 Å². The van der Waals surface area contributed by atoms with E-state index >= 15 is 0 Å². The monoisotopic (exact) mass is 569 g/mol. The van der Waals surface area contributed by atoms with E-state index in [1.54, 1.807) is 33.4 Å². The summed E-state index contributed by atoms with van der Waals surface area (Å²) in [6.45, 7) is 9.71. The van der Waals surface area contributed by atoms with Gasteiger partial charge in [-0.25, -0.2) is 0 Å². The number of unbranched alkanes of at least 4 members (excludes halogenated alkanes) is 2. The summed E-state index contributed by atoms with van der Waals surface area (Å²) in [5.74, 6) is -1.31. The molecule has 179 valence electrons. The molecule has 0 aliphatic heterocycles. The Kier molecular flexibility index (Phi) is 8.30. The number of allylic oxidation sites excluding steroid dienone is 8. The number of halogens is 2. The van der Waals surface area contributed by atoms with Gasteiger partial charge >= 0.3 is 208 Å². The summed E-state index contributed by atoms with van der Waals surface area (Å²) in [5, 5.41) is 0. The molecule has 2 atom stereocenters. The van der Waals surface area contributed by atoms with Gasteiger partial charge in [-0.05, 0) is 0 Å². The summed E-state index contributed by atoms with van der Waals surface area (Å²) in [6, 6.07) is 0. The van der Waals surface area contributed by atoms with Gasteiger partial charge in [-0.2, -0.15) is 0 Å². The van der Waals surface area contributed by atoms with Crippen LogP contribution in [0, 0.1) is 0 Å². The van der Waals surface area contributed by atoms with Gasteiger partial charge in [0.2, 0.25) is 0 Å². The van der Waals surface area contributed by atoms with Gasteiger partial charge in [-0.1, -0.05) is 0 Å². The van der Waals surface area contributed by atoms with Crippen molar-refractivity contribution in [3.8, 4) is 0 Å². The summed E-state index contributed by atoms with van der Waals surface area (Å²) >= 11 is -4.29. The molecule has 0 spiro atoms. The third-order valence-corrected chi connectivity index (χ3v) is 61.1. The van der Waals surface area contributed by atoms with Crippen LogP contribution in [0.25, 0.3) is 0 Å². The molecule has 0 aromatic carbocycles. The molecule has 0 bridgehead atoms. The minimum absolute atomic E-state index is 0.442. The number of hydrogen-bond acceptors (Lipinski definition) is 0. The van der Waals surface area contributed by atoms with Crippen LogP contribution in [0.2, 0.25) is 20.3 Å². The molecule has 0 saturated heterocycles. The predicted molar refractivity (Wildman–Crippen MR) is 144 cm³/mol. The fourth-order valence-electron chi connectivity index (χ4n) is 7.36. The second kappa shape index (κ2) is 10.3. The minimum atomic E-state index is -4.29. The van der Waals surface area contributed by atoms with E-state index in [0.29, 0.717) is 7.25 Å². The van der Waals surface area contributed by atoms with E-state index in [0.717, 1.165) is 0 Å². The Balaban J connectivity index is 1.86. The van der Waals surface area contributed by atoms with Crippen LogP contribution >= 0.6 is 17.0 Å². The Morgan fingerprint density at radius 1 is 0.750 bits per heavy atom. The van der Waals surface area contributed by atoms with Crippen molar-refractivity contribution >= 4 is 22.9 Å².